The van der Waals surface area contributed by atoms with Crippen molar-refractivity contribution in [2.75, 3.05) is 0 Å². The molecule has 0 bridgehead atoms. The summed E-state index contributed by atoms with van der Waals surface area (Å²) < 4.78 is 2.97. The first-order valence-corrected chi connectivity index (χ1v) is 9.68. The van der Waals surface area contributed by atoms with E-state index in [0.717, 1.165) is 11.3 Å². The first-order valence-electron chi connectivity index (χ1n) is 9.68. The molecule has 1 aromatic carbocycles. The minimum Gasteiger partial charge on any atom is -0.350 e. The number of nitrogens with zero attached hydrogens (tertiary/aromatic N) is 5. The zero-order chi connectivity index (χ0) is 21.3. The summed E-state index contributed by atoms with van der Waals surface area (Å²) in [6.45, 7) is 5.63. The van der Waals surface area contributed by atoms with Gasteiger partial charge in [-0.3, -0.25) is 14.6 Å². The van der Waals surface area contributed by atoms with E-state index in [1.165, 1.54) is 4.68 Å². The summed E-state index contributed by atoms with van der Waals surface area (Å²) >= 11 is 0. The molecule has 4 rings (SSSR count). The Morgan fingerprint density at radius 2 is 1.87 bits per heavy atom. The largest absolute Gasteiger partial charge is 0.350 e. The van der Waals surface area contributed by atoms with Crippen molar-refractivity contribution in [2.45, 2.75) is 33.4 Å². The summed E-state index contributed by atoms with van der Waals surface area (Å²) in [4.78, 5) is 29.9. The Kier molecular flexibility index (Phi) is 5.14. The van der Waals surface area contributed by atoms with Crippen LogP contribution in [0.5, 0.6) is 0 Å². The highest BCUT2D eigenvalue weighted by Crippen LogP contribution is 2.20. The maximum Gasteiger partial charge on any atom is 0.278 e. The van der Waals surface area contributed by atoms with Crippen LogP contribution in [0.3, 0.4) is 0 Å². The van der Waals surface area contributed by atoms with Gasteiger partial charge in [-0.2, -0.15) is 10.2 Å². The number of hydrogen-bond acceptors (Lipinski definition) is 5. The van der Waals surface area contributed by atoms with Crippen LogP contribution in [0.2, 0.25) is 0 Å². The van der Waals surface area contributed by atoms with Crippen molar-refractivity contribution in [2.24, 2.45) is 0 Å². The average molecular weight is 402 g/mol. The molecule has 0 radical (unpaired) electrons. The highest BCUT2D eigenvalue weighted by molar-refractivity contribution is 5.84. The Bertz CT molecular complexity index is 1260. The summed E-state index contributed by atoms with van der Waals surface area (Å²) in [5.74, 6) is -0.291. The van der Waals surface area contributed by atoms with Gasteiger partial charge in [-0.05, 0) is 44.5 Å². The van der Waals surface area contributed by atoms with Crippen LogP contribution in [0, 0.1) is 13.8 Å². The Hall–Kier alpha value is -3.81. The average Bonchev–Trinajstić information content (AvgIpc) is 3.13. The number of aryl methyl sites for hydroxylation is 2. The zero-order valence-corrected chi connectivity index (χ0v) is 17.0. The number of nitrogens with one attached hydrogen (secondary N) is 1. The van der Waals surface area contributed by atoms with Crippen LogP contribution >= 0.6 is 0 Å². The number of amides is 1. The molecule has 1 unspecified atom stereocenters. The number of carbonyl (C=O) groups excluding carboxylic acids is 1. The van der Waals surface area contributed by atoms with Crippen molar-refractivity contribution in [3.8, 4) is 5.69 Å². The monoisotopic (exact) mass is 402 g/mol. The molecule has 0 aliphatic heterocycles. The van der Waals surface area contributed by atoms with Crippen molar-refractivity contribution in [1.82, 2.24) is 29.9 Å². The number of aromatic nitrogens is 5. The lowest BCUT2D eigenvalue weighted by Crippen LogP contribution is -2.37. The summed E-state index contributed by atoms with van der Waals surface area (Å²) in [7, 11) is 0. The lowest BCUT2D eigenvalue weighted by atomic mass is 10.2. The van der Waals surface area contributed by atoms with Gasteiger partial charge < -0.3 is 5.32 Å². The van der Waals surface area contributed by atoms with E-state index < -0.39 is 6.04 Å². The lowest BCUT2D eigenvalue weighted by molar-refractivity contribution is -0.124. The van der Waals surface area contributed by atoms with Gasteiger partial charge in [0.15, 0.2) is 0 Å². The number of carbonyl (C=O) groups is 1. The molecule has 8 nitrogen and oxygen atoms in total. The molecule has 0 fully saturated rings. The quantitative estimate of drug-likeness (QED) is 0.553. The summed E-state index contributed by atoms with van der Waals surface area (Å²) in [6, 6.07) is 12.5. The summed E-state index contributed by atoms with van der Waals surface area (Å²) in [5, 5.41) is 12.3. The third-order valence-corrected chi connectivity index (χ3v) is 5.08. The molecule has 3 heterocycles. The third-order valence-electron chi connectivity index (χ3n) is 5.08. The predicted octanol–water partition coefficient (Wildman–Crippen LogP) is 2.47. The van der Waals surface area contributed by atoms with E-state index in [1.807, 2.05) is 43.3 Å². The second-order valence-electron chi connectivity index (χ2n) is 7.15. The number of pyridine rings is 1. The van der Waals surface area contributed by atoms with E-state index in [4.69, 9.17) is 0 Å². The van der Waals surface area contributed by atoms with E-state index in [0.29, 0.717) is 28.8 Å². The van der Waals surface area contributed by atoms with E-state index in [2.05, 4.69) is 20.5 Å². The summed E-state index contributed by atoms with van der Waals surface area (Å²) in [5.41, 5.74) is 3.25. The highest BCUT2D eigenvalue weighted by atomic mass is 16.2. The molecule has 1 amide bonds. The molecule has 4 aromatic rings. The molecule has 152 valence electrons. The van der Waals surface area contributed by atoms with Crippen LogP contribution in [0.1, 0.15) is 29.9 Å². The number of para-hydroxylation sites is 1. The molecule has 30 heavy (non-hydrogen) atoms. The third kappa shape index (κ3) is 3.47. The molecule has 1 atom stereocenters. The van der Waals surface area contributed by atoms with Gasteiger partial charge >= 0.3 is 0 Å². The predicted molar refractivity (Wildman–Crippen MR) is 113 cm³/mol. The molecular weight excluding hydrogens is 380 g/mol. The Balaban J connectivity index is 1.69. The van der Waals surface area contributed by atoms with Crippen LogP contribution in [0.4, 0.5) is 0 Å². The Morgan fingerprint density at radius 3 is 2.57 bits per heavy atom. The van der Waals surface area contributed by atoms with Crippen molar-refractivity contribution < 1.29 is 4.79 Å². The SMILES string of the molecule is Cc1nn(C(C)C(=O)NCc2cccnc2)c(=O)c2c(C)n(-c3ccccc3)nc12. The molecular formula is C22H22N6O2. The fraction of sp³-hybridized carbons (Fsp3) is 0.227. The van der Waals surface area contributed by atoms with Gasteiger partial charge in [0.25, 0.3) is 5.56 Å². The second kappa shape index (κ2) is 7.90. The maximum absolute atomic E-state index is 13.2. The van der Waals surface area contributed by atoms with Crippen molar-refractivity contribution in [1.29, 1.82) is 0 Å². The molecule has 0 saturated heterocycles. The number of hydrogen-bond donors (Lipinski definition) is 1. The van der Waals surface area contributed by atoms with Crippen molar-refractivity contribution >= 4 is 16.8 Å². The number of rotatable bonds is 5. The molecule has 3 aromatic heterocycles. The molecule has 8 heteroatoms. The minimum absolute atomic E-state index is 0.291. The fourth-order valence-electron chi connectivity index (χ4n) is 3.41. The van der Waals surface area contributed by atoms with Gasteiger partial charge in [0.1, 0.15) is 11.6 Å². The van der Waals surface area contributed by atoms with Gasteiger partial charge in [0.05, 0.1) is 22.5 Å². The first kappa shape index (κ1) is 19.5. The molecule has 0 spiro atoms. The van der Waals surface area contributed by atoms with Crippen LogP contribution in [0.15, 0.2) is 59.7 Å². The van der Waals surface area contributed by atoms with Gasteiger partial charge in [-0.25, -0.2) is 9.36 Å². The van der Waals surface area contributed by atoms with E-state index in [-0.39, 0.29) is 11.5 Å². The van der Waals surface area contributed by atoms with Gasteiger partial charge in [-0.15, -0.1) is 0 Å². The number of fused-ring (bicyclic) bond motifs is 1. The Labute approximate surface area is 173 Å². The van der Waals surface area contributed by atoms with Gasteiger partial charge in [0, 0.05) is 18.9 Å². The normalized spacial score (nSPS) is 12.1. The molecule has 0 aliphatic carbocycles. The van der Waals surface area contributed by atoms with E-state index in [1.54, 1.807) is 37.0 Å². The second-order valence-corrected chi connectivity index (χ2v) is 7.15. The van der Waals surface area contributed by atoms with Gasteiger partial charge in [0.2, 0.25) is 5.91 Å². The first-order chi connectivity index (χ1) is 14.5. The van der Waals surface area contributed by atoms with Crippen LogP contribution in [0.25, 0.3) is 16.6 Å². The Morgan fingerprint density at radius 1 is 1.10 bits per heavy atom. The van der Waals surface area contributed by atoms with Crippen molar-refractivity contribution in [3.63, 3.8) is 0 Å². The van der Waals surface area contributed by atoms with E-state index >= 15 is 0 Å². The fourth-order valence-corrected chi connectivity index (χ4v) is 3.41. The highest BCUT2D eigenvalue weighted by Gasteiger charge is 2.23. The van der Waals surface area contributed by atoms with Gasteiger partial charge in [-0.1, -0.05) is 24.3 Å². The lowest BCUT2D eigenvalue weighted by Gasteiger charge is -2.15. The molecule has 0 aliphatic rings. The van der Waals surface area contributed by atoms with Crippen molar-refractivity contribution in [3.05, 3.63) is 82.2 Å². The van der Waals surface area contributed by atoms with E-state index in [9.17, 15) is 9.59 Å². The minimum atomic E-state index is -0.767. The molecule has 1 N–H and O–H groups in total. The van der Waals surface area contributed by atoms with Crippen LogP contribution in [-0.2, 0) is 11.3 Å². The zero-order valence-electron chi connectivity index (χ0n) is 17.0. The smallest absolute Gasteiger partial charge is 0.278 e. The number of benzene rings is 1. The topological polar surface area (TPSA) is 94.7 Å². The standard InChI is InChI=1S/C22H22N6O2/c1-14-20-19(15(2)27(26-20)18-9-5-4-6-10-18)22(30)28(25-14)16(3)21(29)24-13-17-8-7-11-23-12-17/h4-12,16H,13H2,1-3H3,(H,24,29). The van der Waals surface area contributed by atoms with Crippen LogP contribution in [-0.4, -0.2) is 30.5 Å². The summed E-state index contributed by atoms with van der Waals surface area (Å²) in [6.07, 6.45) is 3.36. The van der Waals surface area contributed by atoms with Crippen LogP contribution < -0.4 is 10.9 Å². The molecule has 0 saturated carbocycles. The maximum atomic E-state index is 13.2.